The molecule has 0 atom stereocenters. The van der Waals surface area contributed by atoms with Crippen LogP contribution in [-0.4, -0.2) is 112 Å². The summed E-state index contributed by atoms with van der Waals surface area (Å²) in [6.07, 6.45) is 8.48. The maximum absolute atomic E-state index is 14.4. The third kappa shape index (κ3) is 9.19. The van der Waals surface area contributed by atoms with E-state index >= 15 is 0 Å². The van der Waals surface area contributed by atoms with E-state index in [1.807, 2.05) is 0 Å². The number of nitrogens with one attached hydrogen (secondary N) is 2. The van der Waals surface area contributed by atoms with Crippen molar-refractivity contribution in [2.45, 2.75) is 74.0 Å². The fourth-order valence-corrected chi connectivity index (χ4v) is 11.4. The minimum absolute atomic E-state index is 0.0213. The van der Waals surface area contributed by atoms with Crippen molar-refractivity contribution >= 4 is 53.2 Å². The molecule has 0 spiro atoms. The summed E-state index contributed by atoms with van der Waals surface area (Å²) in [6.45, 7) is 6.72. The van der Waals surface area contributed by atoms with Crippen molar-refractivity contribution in [2.75, 3.05) is 89.1 Å². The van der Waals surface area contributed by atoms with E-state index in [-0.39, 0.29) is 29.3 Å². The standard InChI is InChI=1S/C43H53BrN4O10S2/c44-28-38(49)45-13-5-19-55-21-23-57-24-22-56-20-6-14-46-59(50,51)37-27-31(60(52,53)54)11-12-32(37)39-35-25-29-7-1-15-47-17-3-9-33(40(29)47)42(35)58-43-34-10-4-18-48-16-2-8-30(41(34)48)26-36(39)43/h11-12,25-27,46H,1-10,13-24,28H2,(H-,45,49,52,53,54). The number of sulfonamides is 1. The summed E-state index contributed by atoms with van der Waals surface area (Å²) in [4.78, 5) is 12.8. The molecule has 0 aliphatic carbocycles. The van der Waals surface area contributed by atoms with Gasteiger partial charge >= 0.3 is 0 Å². The molecular formula is C43H53BrN4O10S2. The van der Waals surface area contributed by atoms with Gasteiger partial charge in [0.15, 0.2) is 0 Å². The van der Waals surface area contributed by atoms with Crippen molar-refractivity contribution in [3.8, 4) is 11.5 Å². The highest BCUT2D eigenvalue weighted by molar-refractivity contribution is 9.09. The number of halogens is 1. The second-order valence-corrected chi connectivity index (χ2v) is 19.6. The summed E-state index contributed by atoms with van der Waals surface area (Å²) < 4.78 is 95.1. The maximum atomic E-state index is 14.4. The Morgan fingerprint density at radius 3 is 2.18 bits per heavy atom. The number of hydrogen-bond acceptors (Lipinski definition) is 11. The molecule has 0 radical (unpaired) electrons. The molecule has 3 aromatic rings. The van der Waals surface area contributed by atoms with E-state index < -0.39 is 25.0 Å². The highest BCUT2D eigenvalue weighted by Gasteiger charge is 2.37. The van der Waals surface area contributed by atoms with Crippen LogP contribution in [0.2, 0.25) is 0 Å². The Morgan fingerprint density at radius 1 is 0.783 bits per heavy atom. The van der Waals surface area contributed by atoms with E-state index in [9.17, 15) is 26.2 Å². The number of anilines is 1. The monoisotopic (exact) mass is 928 g/mol. The Morgan fingerprint density at radius 2 is 1.45 bits per heavy atom. The summed E-state index contributed by atoms with van der Waals surface area (Å²) >= 11 is 3.10. The van der Waals surface area contributed by atoms with E-state index in [0.717, 1.165) is 117 Å². The molecule has 0 bridgehead atoms. The summed E-state index contributed by atoms with van der Waals surface area (Å²) in [6, 6.07) is 8.04. The Bertz CT molecular complexity index is 2490. The number of nitrogens with zero attached hydrogens (tertiary/aromatic N) is 2. The van der Waals surface area contributed by atoms with Crippen molar-refractivity contribution < 1.29 is 45.1 Å². The molecule has 14 nitrogen and oxygen atoms in total. The molecule has 17 heteroatoms. The molecule has 0 saturated carbocycles. The molecule has 3 aromatic carbocycles. The summed E-state index contributed by atoms with van der Waals surface area (Å²) in [5.41, 5.74) is 7.71. The van der Waals surface area contributed by atoms with Gasteiger partial charge in [0.1, 0.15) is 34.7 Å². The van der Waals surface area contributed by atoms with Gasteiger partial charge in [-0.1, -0.05) is 22.0 Å². The van der Waals surface area contributed by atoms with Crippen LogP contribution in [0.15, 0.2) is 40.1 Å². The number of benzene rings is 3. The lowest BCUT2D eigenvalue weighted by molar-refractivity contribution is -0.118. The molecule has 0 fully saturated rings. The minimum atomic E-state index is -4.99. The highest BCUT2D eigenvalue weighted by Crippen LogP contribution is 2.49. The predicted octanol–water partition coefficient (Wildman–Crippen LogP) is 2.65. The SMILES string of the molecule is O=C(CBr)NCCCOCCOCCOCCCNS(=O)(=O)c1cc(S(=O)(=O)[O-])ccc1C1=c2cc3c4c(c2Oc2c1cc1c5c2CCCN5CCC1)CCC[N+]=4CCC3. The number of hydrogen-bond donors (Lipinski definition) is 2. The normalized spacial score (nSPS) is 16.7. The van der Waals surface area contributed by atoms with Crippen LogP contribution in [0.4, 0.5) is 5.69 Å². The van der Waals surface area contributed by atoms with Crippen LogP contribution in [0.3, 0.4) is 0 Å². The lowest BCUT2D eigenvalue weighted by atomic mass is 9.82. The zero-order valence-electron chi connectivity index (χ0n) is 33.8. The van der Waals surface area contributed by atoms with Gasteiger partial charge in [-0.3, -0.25) is 4.79 Å². The first-order valence-electron chi connectivity index (χ1n) is 21.1. The summed E-state index contributed by atoms with van der Waals surface area (Å²) in [5, 5.41) is 5.05. The Hall–Kier alpha value is -3.42. The molecular weight excluding hydrogens is 877 g/mol. The van der Waals surface area contributed by atoms with E-state index in [0.29, 0.717) is 63.6 Å². The zero-order valence-corrected chi connectivity index (χ0v) is 37.0. The van der Waals surface area contributed by atoms with Crippen LogP contribution < -0.4 is 34.8 Å². The van der Waals surface area contributed by atoms with Gasteiger partial charge in [0.05, 0.1) is 47.1 Å². The first-order valence-corrected chi connectivity index (χ1v) is 25.2. The van der Waals surface area contributed by atoms with Gasteiger partial charge in [-0.15, -0.1) is 0 Å². The van der Waals surface area contributed by atoms with E-state index in [4.69, 9.17) is 18.9 Å². The molecule has 5 aliphatic heterocycles. The average molecular weight is 930 g/mol. The minimum Gasteiger partial charge on any atom is -0.744 e. The van der Waals surface area contributed by atoms with E-state index in [1.165, 1.54) is 34.3 Å². The van der Waals surface area contributed by atoms with Crippen LogP contribution in [0.5, 0.6) is 11.5 Å². The number of aryl methyl sites for hydroxylation is 2. The molecule has 0 aromatic heterocycles. The second kappa shape index (κ2) is 18.9. The molecule has 60 heavy (non-hydrogen) atoms. The third-order valence-electron chi connectivity index (χ3n) is 11.9. The number of rotatable bonds is 19. The van der Waals surface area contributed by atoms with Crippen molar-refractivity contribution in [2.24, 2.45) is 0 Å². The lowest BCUT2D eigenvalue weighted by Crippen LogP contribution is -2.45. The highest BCUT2D eigenvalue weighted by atomic mass is 79.9. The van der Waals surface area contributed by atoms with Crippen LogP contribution in [0, 0.1) is 0 Å². The van der Waals surface area contributed by atoms with Gasteiger partial charge in [-0.05, 0) is 81.2 Å². The Balaban J connectivity index is 1.05. The third-order valence-corrected chi connectivity index (χ3v) is 14.7. The number of carbonyl (C=O) groups is 1. The van der Waals surface area contributed by atoms with Crippen LogP contribution in [0.25, 0.3) is 5.57 Å². The molecule has 0 saturated heterocycles. The number of alkyl halides is 1. The average Bonchev–Trinajstić information content (AvgIpc) is 3.24. The first-order chi connectivity index (χ1) is 29.0. The first kappa shape index (κ1) is 43.2. The number of fused-ring (bicyclic) bond motifs is 4. The van der Waals surface area contributed by atoms with Crippen LogP contribution in [-0.2, 0) is 64.8 Å². The largest absolute Gasteiger partial charge is 0.744 e. The Kier molecular flexibility index (Phi) is 13.6. The fourth-order valence-electron chi connectivity index (χ4n) is 9.34. The van der Waals surface area contributed by atoms with Crippen molar-refractivity contribution in [1.82, 2.24) is 14.6 Å². The van der Waals surface area contributed by atoms with Crippen molar-refractivity contribution in [1.29, 1.82) is 0 Å². The molecule has 0 unspecified atom stereocenters. The van der Waals surface area contributed by atoms with Gasteiger partial charge in [0.25, 0.3) is 0 Å². The number of amides is 1. The molecule has 1 amide bonds. The topological polar surface area (TPSA) is 176 Å². The summed E-state index contributed by atoms with van der Waals surface area (Å²) in [7, 11) is -9.35. The molecule has 5 aliphatic rings. The second-order valence-electron chi connectivity index (χ2n) is 15.9. The summed E-state index contributed by atoms with van der Waals surface area (Å²) in [5.74, 6) is 1.42. The lowest BCUT2D eigenvalue weighted by Gasteiger charge is -2.39. The molecule has 2 N–H and O–H groups in total. The zero-order chi connectivity index (χ0) is 41.9. The number of carbonyl (C=O) groups excluding carboxylic acids is 1. The predicted molar refractivity (Wildman–Crippen MR) is 228 cm³/mol. The van der Waals surface area contributed by atoms with Crippen molar-refractivity contribution in [3.63, 3.8) is 0 Å². The fraction of sp³-hybridized carbons (Fsp3) is 0.535. The maximum Gasteiger partial charge on any atom is 0.241 e. The van der Waals surface area contributed by atoms with Gasteiger partial charge in [0.2, 0.25) is 21.3 Å². The molecule has 8 rings (SSSR count). The van der Waals surface area contributed by atoms with Gasteiger partial charge in [0, 0.05) is 91.0 Å². The quantitative estimate of drug-likeness (QED) is 0.0613. The van der Waals surface area contributed by atoms with Gasteiger partial charge in [-0.25, -0.2) is 26.1 Å². The van der Waals surface area contributed by atoms with Gasteiger partial charge in [-0.2, -0.15) is 0 Å². The molecule has 5 heterocycles. The Labute approximate surface area is 360 Å². The smallest absolute Gasteiger partial charge is 0.241 e. The molecule has 324 valence electrons. The van der Waals surface area contributed by atoms with Crippen LogP contribution >= 0.6 is 15.9 Å². The van der Waals surface area contributed by atoms with Gasteiger partial charge < -0.3 is 33.7 Å². The van der Waals surface area contributed by atoms with Crippen molar-refractivity contribution in [3.05, 3.63) is 74.3 Å². The van der Waals surface area contributed by atoms with Crippen LogP contribution in [0.1, 0.15) is 71.9 Å². The van der Waals surface area contributed by atoms with E-state index in [2.05, 4.69) is 47.6 Å². The number of ether oxygens (including phenoxy) is 4. The van der Waals surface area contributed by atoms with E-state index in [1.54, 1.807) is 0 Å².